The van der Waals surface area contributed by atoms with Gasteiger partial charge in [-0.05, 0) is 12.8 Å². The van der Waals surface area contributed by atoms with E-state index in [1.807, 2.05) is 6.92 Å². The summed E-state index contributed by atoms with van der Waals surface area (Å²) >= 11 is 0. The minimum Gasteiger partial charge on any atom is -0.376 e. The summed E-state index contributed by atoms with van der Waals surface area (Å²) in [6, 6.07) is -0.459. The van der Waals surface area contributed by atoms with Gasteiger partial charge in [-0.25, -0.2) is 13.1 Å². The first-order valence-electron chi connectivity index (χ1n) is 6.83. The van der Waals surface area contributed by atoms with Crippen LogP contribution in [0.15, 0.2) is 0 Å². The maximum Gasteiger partial charge on any atom is 0.217 e. The highest BCUT2D eigenvalue weighted by molar-refractivity contribution is 7.89. The Morgan fingerprint density at radius 2 is 2.11 bits per heavy atom. The van der Waals surface area contributed by atoms with Gasteiger partial charge in [-0.15, -0.1) is 0 Å². The molecular formula is C12H22N2O4S. The number of hydrogen-bond acceptors (Lipinski definition) is 4. The monoisotopic (exact) mass is 290 g/mol. The zero-order chi connectivity index (χ0) is 14.0. The molecule has 0 bridgehead atoms. The van der Waals surface area contributed by atoms with Gasteiger partial charge in [0, 0.05) is 25.5 Å². The molecule has 1 aliphatic carbocycles. The number of nitrogens with one attached hydrogen (secondary N) is 2. The van der Waals surface area contributed by atoms with Crippen LogP contribution in [0.4, 0.5) is 0 Å². The molecule has 1 saturated carbocycles. The smallest absolute Gasteiger partial charge is 0.217 e. The Morgan fingerprint density at radius 3 is 2.74 bits per heavy atom. The molecule has 1 amide bonds. The summed E-state index contributed by atoms with van der Waals surface area (Å²) < 4.78 is 32.2. The zero-order valence-corrected chi connectivity index (χ0v) is 12.2. The molecule has 110 valence electrons. The van der Waals surface area contributed by atoms with Gasteiger partial charge in [0.25, 0.3) is 0 Å². The average molecular weight is 290 g/mol. The second-order valence-electron chi connectivity index (χ2n) is 5.33. The van der Waals surface area contributed by atoms with E-state index < -0.39 is 10.0 Å². The van der Waals surface area contributed by atoms with Crippen molar-refractivity contribution in [1.82, 2.24) is 10.0 Å². The molecule has 6 nitrogen and oxygen atoms in total. The van der Waals surface area contributed by atoms with Crippen molar-refractivity contribution in [3.05, 3.63) is 0 Å². The number of carbonyl (C=O) groups excluding carboxylic acids is 1. The minimum absolute atomic E-state index is 0.0391. The lowest BCUT2D eigenvalue weighted by atomic mass is 9.72. The van der Waals surface area contributed by atoms with E-state index in [-0.39, 0.29) is 35.8 Å². The zero-order valence-electron chi connectivity index (χ0n) is 11.4. The Labute approximate surface area is 114 Å². The van der Waals surface area contributed by atoms with E-state index >= 15 is 0 Å². The third kappa shape index (κ3) is 3.27. The maximum atomic E-state index is 11.9. The Morgan fingerprint density at radius 1 is 1.37 bits per heavy atom. The topological polar surface area (TPSA) is 84.5 Å². The molecule has 2 aliphatic rings. The Bertz CT molecular complexity index is 437. The number of carbonyl (C=O) groups is 1. The second-order valence-corrected chi connectivity index (χ2v) is 7.20. The van der Waals surface area contributed by atoms with Crippen LogP contribution in [-0.2, 0) is 19.6 Å². The summed E-state index contributed by atoms with van der Waals surface area (Å²) in [5.41, 5.74) is 0. The molecule has 2 fully saturated rings. The van der Waals surface area contributed by atoms with Gasteiger partial charge in [0.1, 0.15) is 0 Å². The lowest BCUT2D eigenvalue weighted by molar-refractivity contribution is -0.123. The van der Waals surface area contributed by atoms with Crippen molar-refractivity contribution in [3.8, 4) is 0 Å². The highest BCUT2D eigenvalue weighted by Gasteiger charge is 2.55. The highest BCUT2D eigenvalue weighted by Crippen LogP contribution is 2.39. The summed E-state index contributed by atoms with van der Waals surface area (Å²) in [7, 11) is -3.27. The van der Waals surface area contributed by atoms with Gasteiger partial charge >= 0.3 is 0 Å². The van der Waals surface area contributed by atoms with Crippen molar-refractivity contribution < 1.29 is 17.9 Å². The molecule has 1 saturated heterocycles. The molecule has 19 heavy (non-hydrogen) atoms. The largest absolute Gasteiger partial charge is 0.376 e. The van der Waals surface area contributed by atoms with Crippen LogP contribution in [0.3, 0.4) is 0 Å². The fourth-order valence-electron chi connectivity index (χ4n) is 2.88. The highest BCUT2D eigenvalue weighted by atomic mass is 32.2. The normalized spacial score (nSPS) is 33.6. The summed E-state index contributed by atoms with van der Waals surface area (Å²) in [6.07, 6.45) is 2.30. The molecule has 2 N–H and O–H groups in total. The van der Waals surface area contributed by atoms with Crippen LogP contribution in [-0.4, -0.2) is 44.9 Å². The first kappa shape index (κ1) is 14.7. The molecule has 0 unspecified atom stereocenters. The fraction of sp³-hybridized carbons (Fsp3) is 0.917. The Balaban J connectivity index is 1.99. The predicted octanol–water partition coefficient (Wildman–Crippen LogP) is -0.00210. The predicted molar refractivity (Wildman–Crippen MR) is 71.1 cm³/mol. The SMILES string of the molecule is CCCCS(=O)(=O)N[C@H]1[C@H]2CCO[C@H]2[C@@H]1NC(C)=O. The van der Waals surface area contributed by atoms with Crippen LogP contribution >= 0.6 is 0 Å². The van der Waals surface area contributed by atoms with Gasteiger partial charge in [-0.1, -0.05) is 13.3 Å². The number of hydrogen-bond donors (Lipinski definition) is 2. The van der Waals surface area contributed by atoms with Gasteiger partial charge in [0.15, 0.2) is 0 Å². The Hall–Kier alpha value is -0.660. The van der Waals surface area contributed by atoms with Gasteiger partial charge in [0.05, 0.1) is 17.9 Å². The molecule has 2 rings (SSSR count). The van der Waals surface area contributed by atoms with Crippen molar-refractivity contribution >= 4 is 15.9 Å². The third-order valence-corrected chi connectivity index (χ3v) is 5.30. The maximum absolute atomic E-state index is 11.9. The number of rotatable bonds is 6. The van der Waals surface area contributed by atoms with Gasteiger partial charge in [-0.3, -0.25) is 4.79 Å². The lowest BCUT2D eigenvalue weighted by Gasteiger charge is -2.47. The van der Waals surface area contributed by atoms with Gasteiger partial charge in [0.2, 0.25) is 15.9 Å². The molecular weight excluding hydrogens is 268 g/mol. The minimum atomic E-state index is -3.27. The summed E-state index contributed by atoms with van der Waals surface area (Å²) in [4.78, 5) is 11.2. The molecule has 7 heteroatoms. The molecule has 4 atom stereocenters. The van der Waals surface area contributed by atoms with Crippen LogP contribution in [0.2, 0.25) is 0 Å². The molecule has 0 radical (unpaired) electrons. The van der Waals surface area contributed by atoms with Crippen molar-refractivity contribution in [3.63, 3.8) is 0 Å². The molecule has 1 heterocycles. The second kappa shape index (κ2) is 5.76. The van der Waals surface area contributed by atoms with Gasteiger partial charge in [-0.2, -0.15) is 0 Å². The van der Waals surface area contributed by atoms with E-state index in [1.165, 1.54) is 6.92 Å². The summed E-state index contributed by atoms with van der Waals surface area (Å²) in [5.74, 6) is 0.176. The van der Waals surface area contributed by atoms with Crippen molar-refractivity contribution in [2.24, 2.45) is 5.92 Å². The number of amides is 1. The first-order valence-corrected chi connectivity index (χ1v) is 8.48. The van der Waals surface area contributed by atoms with E-state index in [0.717, 1.165) is 12.8 Å². The summed E-state index contributed by atoms with van der Waals surface area (Å²) in [6.45, 7) is 4.03. The van der Waals surface area contributed by atoms with Crippen molar-refractivity contribution in [1.29, 1.82) is 0 Å². The molecule has 0 aromatic rings. The number of ether oxygens (including phenoxy) is 1. The van der Waals surface area contributed by atoms with E-state index in [4.69, 9.17) is 4.74 Å². The van der Waals surface area contributed by atoms with Crippen LogP contribution in [0.1, 0.15) is 33.1 Å². The van der Waals surface area contributed by atoms with Crippen LogP contribution in [0, 0.1) is 5.92 Å². The van der Waals surface area contributed by atoms with Crippen LogP contribution in [0.5, 0.6) is 0 Å². The molecule has 0 aromatic carbocycles. The third-order valence-electron chi connectivity index (χ3n) is 3.84. The lowest BCUT2D eigenvalue weighted by Crippen LogP contribution is -2.70. The number of sulfonamides is 1. The van der Waals surface area contributed by atoms with E-state index in [2.05, 4.69) is 10.0 Å². The van der Waals surface area contributed by atoms with E-state index in [0.29, 0.717) is 13.0 Å². The molecule has 0 aromatic heterocycles. The number of unbranched alkanes of at least 4 members (excludes halogenated alkanes) is 1. The van der Waals surface area contributed by atoms with E-state index in [1.54, 1.807) is 0 Å². The fourth-order valence-corrected chi connectivity index (χ4v) is 4.40. The van der Waals surface area contributed by atoms with Crippen LogP contribution in [0.25, 0.3) is 0 Å². The first-order chi connectivity index (χ1) is 8.94. The molecule has 1 aliphatic heterocycles. The number of fused-ring (bicyclic) bond motifs is 1. The molecule has 0 spiro atoms. The summed E-state index contributed by atoms with van der Waals surface area (Å²) in [5, 5.41) is 2.79. The van der Waals surface area contributed by atoms with Crippen molar-refractivity contribution in [2.45, 2.75) is 51.3 Å². The van der Waals surface area contributed by atoms with Crippen LogP contribution < -0.4 is 10.0 Å². The van der Waals surface area contributed by atoms with Crippen molar-refractivity contribution in [2.75, 3.05) is 12.4 Å². The standard InChI is InChI=1S/C12H22N2O4S/c1-3-4-7-19(16,17)14-10-9-5-6-18-12(9)11(10)13-8(2)15/h9-12,14H,3-7H2,1-2H3,(H,13,15)/t9-,10+,11-,12-/m1/s1. The quantitative estimate of drug-likeness (QED) is 0.721. The Kier molecular flexibility index (Phi) is 4.47. The van der Waals surface area contributed by atoms with E-state index in [9.17, 15) is 13.2 Å². The van der Waals surface area contributed by atoms with Gasteiger partial charge < -0.3 is 10.1 Å². The average Bonchev–Trinajstić information content (AvgIpc) is 2.76.